The number of hydrogen-bond donors (Lipinski definition) is 1. The first kappa shape index (κ1) is 18.0. The van der Waals surface area contributed by atoms with Gasteiger partial charge in [-0.1, -0.05) is 73.3 Å². The average molecular weight is 373 g/mol. The van der Waals surface area contributed by atoms with Gasteiger partial charge in [0, 0.05) is 17.7 Å². The van der Waals surface area contributed by atoms with Crippen molar-refractivity contribution in [3.8, 4) is 0 Å². The number of halogens is 1. The van der Waals surface area contributed by atoms with Crippen molar-refractivity contribution < 1.29 is 4.39 Å². The summed E-state index contributed by atoms with van der Waals surface area (Å²) in [7, 11) is 0. The molecular weight excluding hydrogens is 353 g/mol. The number of fused-ring (bicyclic) bond motifs is 1. The lowest BCUT2D eigenvalue weighted by Crippen LogP contribution is -2.29. The molecule has 1 N–H and O–H groups in total. The van der Waals surface area contributed by atoms with E-state index in [1.54, 1.807) is 0 Å². The maximum absolute atomic E-state index is 13.3. The number of hydrogen-bond acceptors (Lipinski definition) is 3. The van der Waals surface area contributed by atoms with Crippen LogP contribution in [-0.4, -0.2) is 22.6 Å². The molecule has 0 bridgehead atoms. The van der Waals surface area contributed by atoms with E-state index in [9.17, 15) is 9.18 Å². The molecule has 0 aliphatic carbocycles. The molecule has 5 heteroatoms. The maximum atomic E-state index is 13.3. The quantitative estimate of drug-likeness (QED) is 0.718. The molecule has 0 radical (unpaired) electrons. The first-order valence-corrected chi connectivity index (χ1v) is 9.22. The molecule has 0 saturated carbocycles. The van der Waals surface area contributed by atoms with Crippen molar-refractivity contribution in [1.82, 2.24) is 10.2 Å². The van der Waals surface area contributed by atoms with Gasteiger partial charge in [0.05, 0.1) is 29.9 Å². The van der Waals surface area contributed by atoms with Crippen LogP contribution in [0.5, 0.6) is 0 Å². The third-order valence-electron chi connectivity index (χ3n) is 5.08. The second kappa shape index (κ2) is 7.72. The molecule has 28 heavy (non-hydrogen) atoms. The van der Waals surface area contributed by atoms with E-state index in [1.165, 1.54) is 6.08 Å². The lowest BCUT2D eigenvalue weighted by molar-refractivity contribution is 0.504. The zero-order valence-corrected chi connectivity index (χ0v) is 15.3. The molecule has 2 aromatic carbocycles. The largest absolute Gasteiger partial charge is 0.280 e. The van der Waals surface area contributed by atoms with Crippen LogP contribution < -0.4 is 5.56 Å². The van der Waals surface area contributed by atoms with E-state index >= 15 is 0 Å². The summed E-state index contributed by atoms with van der Waals surface area (Å²) in [6.45, 7) is 3.22. The summed E-state index contributed by atoms with van der Waals surface area (Å²) in [5.41, 5.74) is 3.98. The number of alkyl halides is 1. The SMILES string of the molecule is C=Cc1c2c(n[nH]c1=O)C(c1ccccc1)C(c1ccccc1)N=C2CCF. The van der Waals surface area contributed by atoms with Crippen LogP contribution in [0.15, 0.2) is 77.0 Å². The van der Waals surface area contributed by atoms with Crippen LogP contribution in [0.1, 0.15) is 46.3 Å². The average Bonchev–Trinajstić information content (AvgIpc) is 2.75. The van der Waals surface area contributed by atoms with Crippen molar-refractivity contribution in [3.63, 3.8) is 0 Å². The molecule has 3 aromatic rings. The second-order valence-corrected chi connectivity index (χ2v) is 6.69. The molecule has 1 aliphatic heterocycles. The minimum absolute atomic E-state index is 0.129. The van der Waals surface area contributed by atoms with Crippen LogP contribution in [-0.2, 0) is 0 Å². The van der Waals surface area contributed by atoms with Crippen LogP contribution >= 0.6 is 0 Å². The highest BCUT2D eigenvalue weighted by atomic mass is 19.1. The Morgan fingerprint density at radius 2 is 1.68 bits per heavy atom. The topological polar surface area (TPSA) is 58.1 Å². The Hall–Kier alpha value is -3.34. The number of benzene rings is 2. The summed E-state index contributed by atoms with van der Waals surface area (Å²) in [5.74, 6) is -0.197. The van der Waals surface area contributed by atoms with Gasteiger partial charge >= 0.3 is 0 Å². The molecular formula is C23H20FN3O. The van der Waals surface area contributed by atoms with Gasteiger partial charge in [-0.2, -0.15) is 5.10 Å². The van der Waals surface area contributed by atoms with E-state index in [-0.39, 0.29) is 23.9 Å². The standard InChI is InChI=1S/C23H20FN3O/c1-2-17-20-18(13-14-24)25-21(16-11-7-4-8-12-16)19(15-9-5-3-6-10-15)22(20)26-27-23(17)28/h2-12,19,21H,1,13-14H2,(H,27,28). The van der Waals surface area contributed by atoms with E-state index in [0.29, 0.717) is 22.5 Å². The summed E-state index contributed by atoms with van der Waals surface area (Å²) in [5, 5.41) is 6.99. The molecule has 0 saturated heterocycles. The van der Waals surface area contributed by atoms with Crippen molar-refractivity contribution in [2.24, 2.45) is 4.99 Å². The molecule has 0 fully saturated rings. The predicted molar refractivity (Wildman–Crippen MR) is 110 cm³/mol. The minimum Gasteiger partial charge on any atom is -0.280 e. The van der Waals surface area contributed by atoms with Crippen LogP contribution in [0.3, 0.4) is 0 Å². The van der Waals surface area contributed by atoms with Gasteiger partial charge in [0.15, 0.2) is 0 Å². The molecule has 2 atom stereocenters. The first-order valence-electron chi connectivity index (χ1n) is 9.22. The van der Waals surface area contributed by atoms with Crippen molar-refractivity contribution in [1.29, 1.82) is 0 Å². The minimum atomic E-state index is -0.556. The molecule has 1 aliphatic rings. The number of H-pyrrole nitrogens is 1. The molecule has 0 spiro atoms. The van der Waals surface area contributed by atoms with E-state index < -0.39 is 6.67 Å². The number of aromatic amines is 1. The summed E-state index contributed by atoms with van der Waals surface area (Å²) < 4.78 is 13.3. The Labute approximate surface area is 162 Å². The summed E-state index contributed by atoms with van der Waals surface area (Å²) in [6.07, 6.45) is 1.63. The first-order chi connectivity index (χ1) is 13.7. The lowest BCUT2D eigenvalue weighted by Gasteiger charge is -2.32. The van der Waals surface area contributed by atoms with E-state index in [4.69, 9.17) is 4.99 Å². The fourth-order valence-corrected chi connectivity index (χ4v) is 3.86. The summed E-state index contributed by atoms with van der Waals surface area (Å²) in [4.78, 5) is 17.3. The lowest BCUT2D eigenvalue weighted by atomic mass is 9.78. The molecule has 4 rings (SSSR count). The van der Waals surface area contributed by atoms with Gasteiger partial charge in [0.2, 0.25) is 0 Å². The van der Waals surface area contributed by atoms with E-state index in [2.05, 4.69) is 16.8 Å². The third kappa shape index (κ3) is 3.09. The molecule has 0 amide bonds. The number of aromatic nitrogens is 2. The fraction of sp³-hybridized carbons (Fsp3) is 0.174. The highest BCUT2D eigenvalue weighted by Crippen LogP contribution is 2.44. The zero-order chi connectivity index (χ0) is 19.5. The number of nitrogens with zero attached hydrogens (tertiary/aromatic N) is 2. The van der Waals surface area contributed by atoms with Crippen LogP contribution in [0.4, 0.5) is 4.39 Å². The number of aliphatic imine (C=N–C) groups is 1. The third-order valence-corrected chi connectivity index (χ3v) is 5.08. The Morgan fingerprint density at radius 1 is 1.04 bits per heavy atom. The zero-order valence-electron chi connectivity index (χ0n) is 15.3. The van der Waals surface area contributed by atoms with Gasteiger partial charge in [-0.15, -0.1) is 0 Å². The van der Waals surface area contributed by atoms with Crippen molar-refractivity contribution in [3.05, 3.63) is 106 Å². The van der Waals surface area contributed by atoms with E-state index in [0.717, 1.165) is 11.1 Å². The van der Waals surface area contributed by atoms with E-state index in [1.807, 2.05) is 60.7 Å². The van der Waals surface area contributed by atoms with Crippen molar-refractivity contribution >= 4 is 11.8 Å². The second-order valence-electron chi connectivity index (χ2n) is 6.69. The monoisotopic (exact) mass is 373 g/mol. The Bertz CT molecular complexity index is 1070. The van der Waals surface area contributed by atoms with Gasteiger partial charge in [-0.25, -0.2) is 5.10 Å². The normalized spacial score (nSPS) is 18.2. The number of nitrogens with one attached hydrogen (secondary N) is 1. The maximum Gasteiger partial charge on any atom is 0.272 e. The highest BCUT2D eigenvalue weighted by Gasteiger charge is 2.36. The van der Waals surface area contributed by atoms with Crippen molar-refractivity contribution in [2.75, 3.05) is 6.67 Å². The number of rotatable bonds is 5. The molecule has 140 valence electrons. The summed E-state index contributed by atoms with van der Waals surface area (Å²) in [6, 6.07) is 19.6. The Kier molecular flexibility index (Phi) is 4.98. The molecule has 4 nitrogen and oxygen atoms in total. The smallest absolute Gasteiger partial charge is 0.272 e. The molecule has 2 heterocycles. The fourth-order valence-electron chi connectivity index (χ4n) is 3.86. The predicted octanol–water partition coefficient (Wildman–Crippen LogP) is 4.45. The van der Waals surface area contributed by atoms with Gasteiger partial charge in [0.25, 0.3) is 5.56 Å². The van der Waals surface area contributed by atoms with Gasteiger partial charge in [-0.3, -0.25) is 14.2 Å². The van der Waals surface area contributed by atoms with Crippen LogP contribution in [0.2, 0.25) is 0 Å². The van der Waals surface area contributed by atoms with Gasteiger partial charge < -0.3 is 0 Å². The Balaban J connectivity index is 2.02. The van der Waals surface area contributed by atoms with Gasteiger partial charge in [-0.05, 0) is 11.1 Å². The molecule has 2 unspecified atom stereocenters. The Morgan fingerprint density at radius 3 is 2.29 bits per heavy atom. The summed E-state index contributed by atoms with van der Waals surface area (Å²) >= 11 is 0. The molecule has 1 aromatic heterocycles. The highest BCUT2D eigenvalue weighted by molar-refractivity contribution is 6.05. The van der Waals surface area contributed by atoms with Crippen LogP contribution in [0.25, 0.3) is 6.08 Å². The van der Waals surface area contributed by atoms with Gasteiger partial charge in [0.1, 0.15) is 0 Å². The van der Waals surface area contributed by atoms with Crippen molar-refractivity contribution in [2.45, 2.75) is 18.4 Å². The van der Waals surface area contributed by atoms with Crippen LogP contribution in [0, 0.1) is 0 Å².